The van der Waals surface area contributed by atoms with Crippen LogP contribution in [0.4, 0.5) is 34.1 Å². The quantitative estimate of drug-likeness (QED) is 0.113. The number of hydrogen-bond donors (Lipinski definition) is 0. The van der Waals surface area contributed by atoms with E-state index in [2.05, 4.69) is 278 Å². The molecule has 0 bridgehead atoms. The molecular weight excluding hydrogens is 821 g/mol. The highest BCUT2D eigenvalue weighted by atomic mass is 15.1. The first kappa shape index (κ1) is 42.2. The lowest BCUT2D eigenvalue weighted by Gasteiger charge is -2.28. The van der Waals surface area contributed by atoms with Gasteiger partial charge in [0.25, 0.3) is 0 Å². The molecule has 0 saturated carbocycles. The largest absolute Gasteiger partial charge is 0.310 e. The Labute approximate surface area is 400 Å². The monoisotopic (exact) mass is 872 g/mol. The van der Waals surface area contributed by atoms with Crippen LogP contribution in [0.25, 0.3) is 66.1 Å². The Morgan fingerprint density at radius 1 is 0.221 bits per heavy atom. The molecule has 326 valence electrons. The predicted octanol–water partition coefficient (Wildman–Crippen LogP) is 18.7. The van der Waals surface area contributed by atoms with Gasteiger partial charge in [-0.1, -0.05) is 196 Å². The van der Waals surface area contributed by atoms with Gasteiger partial charge in [-0.25, -0.2) is 0 Å². The highest BCUT2D eigenvalue weighted by Gasteiger charge is 2.20. The maximum absolute atomic E-state index is 2.44. The van der Waals surface area contributed by atoms with Crippen LogP contribution < -0.4 is 9.80 Å². The molecule has 68 heavy (non-hydrogen) atoms. The smallest absolute Gasteiger partial charge is 0.0468 e. The lowest BCUT2D eigenvalue weighted by atomic mass is 9.88. The molecule has 0 unspecified atom stereocenters. The summed E-state index contributed by atoms with van der Waals surface area (Å²) >= 11 is 0. The number of rotatable bonds is 12. The number of nitrogens with zero attached hydrogens (tertiary/aromatic N) is 2. The van der Waals surface area contributed by atoms with Gasteiger partial charge >= 0.3 is 0 Å². The molecule has 11 aromatic rings. The molecule has 11 rings (SSSR count). The van der Waals surface area contributed by atoms with Gasteiger partial charge in [-0.3, -0.25) is 0 Å². The van der Waals surface area contributed by atoms with Crippen molar-refractivity contribution in [1.29, 1.82) is 0 Å². The fourth-order valence-electron chi connectivity index (χ4n) is 10.0. The molecular formula is C66H52N2. The van der Waals surface area contributed by atoms with E-state index in [1.54, 1.807) is 0 Å². The Hall–Kier alpha value is -8.46. The SMILES string of the molecule is CCc1c2ccc(N(c3ccc(-c4ccccc4)cc3)c3ccc(-c4ccccc4)cc3)cc2c(CC)c2ccc(N(c3ccc(-c4ccccc4)cc3)c3ccc(-c4ccccc4)cc3)cc12. The molecule has 0 N–H and O–H groups in total. The summed E-state index contributed by atoms with van der Waals surface area (Å²) in [7, 11) is 0. The topological polar surface area (TPSA) is 6.48 Å². The van der Waals surface area contributed by atoms with Crippen LogP contribution >= 0.6 is 0 Å². The minimum atomic E-state index is 0.906. The van der Waals surface area contributed by atoms with E-state index in [-0.39, 0.29) is 0 Å². The average molecular weight is 873 g/mol. The number of fused-ring (bicyclic) bond motifs is 2. The summed E-state index contributed by atoms with van der Waals surface area (Å²) in [5, 5.41) is 5.22. The van der Waals surface area contributed by atoms with E-state index in [1.807, 2.05) is 0 Å². The van der Waals surface area contributed by atoms with Crippen LogP contribution in [0.5, 0.6) is 0 Å². The van der Waals surface area contributed by atoms with Gasteiger partial charge in [0.1, 0.15) is 0 Å². The molecule has 0 spiro atoms. The summed E-state index contributed by atoms with van der Waals surface area (Å²) in [6.07, 6.45) is 1.81. The van der Waals surface area contributed by atoms with Crippen molar-refractivity contribution in [3.05, 3.63) is 266 Å². The van der Waals surface area contributed by atoms with Gasteiger partial charge in [0.05, 0.1) is 0 Å². The molecule has 11 aromatic carbocycles. The number of anilines is 6. The Kier molecular flexibility index (Phi) is 11.7. The van der Waals surface area contributed by atoms with Crippen molar-refractivity contribution in [2.75, 3.05) is 9.80 Å². The summed E-state index contributed by atoms with van der Waals surface area (Å²) in [4.78, 5) is 4.82. The van der Waals surface area contributed by atoms with Crippen LogP contribution in [-0.4, -0.2) is 0 Å². The van der Waals surface area contributed by atoms with E-state index in [4.69, 9.17) is 0 Å². The summed E-state index contributed by atoms with van der Waals surface area (Å²) in [5.41, 5.74) is 19.1. The second-order valence-electron chi connectivity index (χ2n) is 17.4. The van der Waals surface area contributed by atoms with Gasteiger partial charge in [-0.15, -0.1) is 0 Å². The van der Waals surface area contributed by atoms with E-state index in [0.29, 0.717) is 0 Å². The molecule has 0 aliphatic carbocycles. The maximum atomic E-state index is 2.44. The van der Waals surface area contributed by atoms with Crippen LogP contribution in [0.3, 0.4) is 0 Å². The van der Waals surface area contributed by atoms with Crippen molar-refractivity contribution in [3.8, 4) is 44.5 Å². The third-order valence-electron chi connectivity index (χ3n) is 13.5. The number of hydrogen-bond acceptors (Lipinski definition) is 2. The van der Waals surface area contributed by atoms with Crippen molar-refractivity contribution in [3.63, 3.8) is 0 Å². The number of aryl methyl sites for hydroxylation is 2. The van der Waals surface area contributed by atoms with E-state index in [0.717, 1.165) is 47.0 Å². The minimum absolute atomic E-state index is 0.906. The zero-order valence-electron chi connectivity index (χ0n) is 38.6. The first-order valence-electron chi connectivity index (χ1n) is 23.9. The van der Waals surface area contributed by atoms with E-state index >= 15 is 0 Å². The standard InChI is InChI=1S/C66H52N2/c1-3-61-63-43-41-60(68(57-37-29-53(30-38-57)49-21-13-7-14-22-49)58-39-31-54(32-40-58)50-23-15-8-16-24-50)46-66(63)62(4-2)64-44-42-59(45-65(61)64)67(55-33-25-51(26-34-55)47-17-9-5-10-18-47)56-35-27-52(28-36-56)48-19-11-6-12-20-48/h5-46H,3-4H2,1-2H3. The van der Waals surface area contributed by atoms with Crippen LogP contribution in [-0.2, 0) is 12.8 Å². The summed E-state index contributed by atoms with van der Waals surface area (Å²) in [5.74, 6) is 0. The van der Waals surface area contributed by atoms with Gasteiger partial charge in [0.15, 0.2) is 0 Å². The predicted molar refractivity (Wildman–Crippen MR) is 291 cm³/mol. The summed E-state index contributed by atoms with van der Waals surface area (Å²) in [6, 6.07) is 92.8. The molecule has 0 aliphatic heterocycles. The van der Waals surface area contributed by atoms with Crippen LogP contribution in [0, 0.1) is 0 Å². The Bertz CT molecular complexity index is 3050. The van der Waals surface area contributed by atoms with Crippen molar-refractivity contribution < 1.29 is 0 Å². The second-order valence-corrected chi connectivity index (χ2v) is 17.4. The van der Waals surface area contributed by atoms with Crippen molar-refractivity contribution in [2.45, 2.75) is 26.7 Å². The van der Waals surface area contributed by atoms with Crippen LogP contribution in [0.15, 0.2) is 255 Å². The molecule has 0 heterocycles. The molecule has 0 atom stereocenters. The zero-order chi connectivity index (χ0) is 45.8. The second kappa shape index (κ2) is 18.8. The molecule has 0 amide bonds. The van der Waals surface area contributed by atoms with E-state index < -0.39 is 0 Å². The highest BCUT2D eigenvalue weighted by Crippen LogP contribution is 2.44. The van der Waals surface area contributed by atoms with Gasteiger partial charge in [0.2, 0.25) is 0 Å². The third kappa shape index (κ3) is 8.23. The van der Waals surface area contributed by atoms with Crippen LogP contribution in [0.2, 0.25) is 0 Å². The molecule has 2 heteroatoms. The molecule has 2 nitrogen and oxygen atoms in total. The van der Waals surface area contributed by atoms with Gasteiger partial charge < -0.3 is 9.80 Å². The average Bonchev–Trinajstić information content (AvgIpc) is 3.42. The molecule has 0 aliphatic rings. The fraction of sp³-hybridized carbons (Fsp3) is 0.0606. The first-order valence-corrected chi connectivity index (χ1v) is 23.9. The normalized spacial score (nSPS) is 11.2. The van der Waals surface area contributed by atoms with Gasteiger partial charge in [-0.2, -0.15) is 0 Å². The van der Waals surface area contributed by atoms with Crippen molar-refractivity contribution >= 4 is 55.7 Å². The minimum Gasteiger partial charge on any atom is -0.310 e. The summed E-state index contributed by atoms with van der Waals surface area (Å²) in [6.45, 7) is 4.61. The lowest BCUT2D eigenvalue weighted by molar-refractivity contribution is 1.15. The number of benzene rings is 11. The lowest BCUT2D eigenvalue weighted by Crippen LogP contribution is -2.11. The Balaban J connectivity index is 1.03. The Morgan fingerprint density at radius 3 is 0.676 bits per heavy atom. The zero-order valence-corrected chi connectivity index (χ0v) is 38.6. The molecule has 0 saturated heterocycles. The fourth-order valence-corrected chi connectivity index (χ4v) is 10.0. The van der Waals surface area contributed by atoms with E-state index in [1.165, 1.54) is 77.2 Å². The van der Waals surface area contributed by atoms with Crippen molar-refractivity contribution in [2.24, 2.45) is 0 Å². The first-order chi connectivity index (χ1) is 33.6. The van der Waals surface area contributed by atoms with E-state index in [9.17, 15) is 0 Å². The maximum Gasteiger partial charge on any atom is 0.0468 e. The highest BCUT2D eigenvalue weighted by molar-refractivity contribution is 6.08. The Morgan fingerprint density at radius 2 is 0.441 bits per heavy atom. The third-order valence-corrected chi connectivity index (χ3v) is 13.5. The van der Waals surface area contributed by atoms with Gasteiger partial charge in [-0.05, 0) is 163 Å². The molecule has 0 radical (unpaired) electrons. The van der Waals surface area contributed by atoms with Crippen molar-refractivity contribution in [1.82, 2.24) is 0 Å². The molecule has 0 aromatic heterocycles. The summed E-state index contributed by atoms with van der Waals surface area (Å²) < 4.78 is 0. The van der Waals surface area contributed by atoms with Crippen LogP contribution in [0.1, 0.15) is 25.0 Å². The van der Waals surface area contributed by atoms with Gasteiger partial charge in [0, 0.05) is 34.1 Å². The molecule has 0 fully saturated rings.